The van der Waals surface area contributed by atoms with Gasteiger partial charge in [0.15, 0.2) is 6.29 Å². The van der Waals surface area contributed by atoms with Gasteiger partial charge in [-0.1, -0.05) is 70.3 Å². The third kappa shape index (κ3) is 37.6. The summed E-state index contributed by atoms with van der Waals surface area (Å²) < 4.78 is 15.5. The van der Waals surface area contributed by atoms with Gasteiger partial charge in [0.2, 0.25) is 0 Å². The van der Waals surface area contributed by atoms with Gasteiger partial charge in [-0.3, -0.25) is 4.79 Å². The van der Waals surface area contributed by atoms with E-state index >= 15 is 0 Å². The Balaban J connectivity index is -0.000000946. The lowest BCUT2D eigenvalue weighted by molar-refractivity contribution is 0.0515. The average molecular weight is 1130 g/mol. The molecule has 3 aromatic rings. The Hall–Kier alpha value is -3.73. The van der Waals surface area contributed by atoms with E-state index in [9.17, 15) is 24.3 Å². The molecule has 400 valence electrons. The smallest absolute Gasteiger partial charge is 0.407 e. The molecule has 0 aliphatic rings. The number of alkyl carbamates (subject to hydrolysis) is 3. The molecule has 0 unspecified atom stereocenters. The third-order valence-corrected chi connectivity index (χ3v) is 11.2. The molecule has 11 nitrogen and oxygen atoms in total. The van der Waals surface area contributed by atoms with E-state index in [4.69, 9.17) is 49.0 Å². The zero-order chi connectivity index (χ0) is 55.8. The molecule has 0 aliphatic carbocycles. The van der Waals surface area contributed by atoms with Crippen LogP contribution in [-0.2, 0) is 45.4 Å². The Bertz CT molecular complexity index is 2030. The molecule has 3 aromatic carbocycles. The van der Waals surface area contributed by atoms with Gasteiger partial charge in [-0.05, 0) is 210 Å². The summed E-state index contributed by atoms with van der Waals surface area (Å²) in [6, 6.07) is 11.7. The molecule has 6 radical (unpaired) electrons. The number of aliphatic hydroxyl groups is 1. The van der Waals surface area contributed by atoms with Gasteiger partial charge in [0, 0.05) is 70.2 Å². The molecule has 0 atom stereocenters. The van der Waals surface area contributed by atoms with Crippen molar-refractivity contribution >= 4 is 105 Å². The summed E-state index contributed by atoms with van der Waals surface area (Å²) in [5, 5.41) is 20.1. The van der Waals surface area contributed by atoms with Crippen molar-refractivity contribution in [3.05, 3.63) is 102 Å². The number of hydrogen-bond acceptors (Lipinski definition) is 8. The SMILES string of the molecule is C.C#C.Cc1cc(C=O)c(Cl)cc1CCCCNC(=O)OC(C)(C)C.Cc1cc(CBr)c(Cl)cc1CCCCNC(=O)OC(C)(C)C.Cc1cc(CO)c(Cl)cc1CCCCNC(=O)OC(C)(C)C.[B]B([B])[B]. The van der Waals surface area contributed by atoms with Gasteiger partial charge in [0.1, 0.15) is 16.8 Å². The summed E-state index contributed by atoms with van der Waals surface area (Å²) in [6.45, 7) is 24.5. The van der Waals surface area contributed by atoms with Crippen LogP contribution >= 0.6 is 50.7 Å². The van der Waals surface area contributed by atoms with E-state index < -0.39 is 23.2 Å². The summed E-state index contributed by atoms with van der Waals surface area (Å²) in [7, 11) is 14.0. The molecule has 0 heterocycles. The first-order valence-corrected chi connectivity index (χ1v) is 26.1. The second-order valence-electron chi connectivity index (χ2n) is 19.7. The fourth-order valence-electron chi connectivity index (χ4n) is 6.27. The number of terminal acetylenes is 1. The van der Waals surface area contributed by atoms with Crippen molar-refractivity contribution in [2.45, 2.75) is 177 Å². The van der Waals surface area contributed by atoms with Crippen molar-refractivity contribution < 1.29 is 38.5 Å². The van der Waals surface area contributed by atoms with Crippen molar-refractivity contribution in [3.8, 4) is 12.8 Å². The molecule has 0 saturated carbocycles. The van der Waals surface area contributed by atoms with Gasteiger partial charge in [-0.2, -0.15) is 0 Å². The molecule has 0 aromatic heterocycles. The minimum absolute atomic E-state index is 0. The lowest BCUT2D eigenvalue weighted by Gasteiger charge is -2.19. The quantitative estimate of drug-likeness (QED) is 0.0245. The van der Waals surface area contributed by atoms with Crippen LogP contribution in [0.1, 0.15) is 163 Å². The second-order valence-corrected chi connectivity index (χ2v) is 21.5. The standard InChI is InChI=1S/C17H25BrClNO2.C17H26ClNO3.C17H24ClNO3.C2H2.CH4.B4/c1-12-9-14(11-18)15(19)10-13(12)7-5-6-8-20-16(21)22-17(2,3)4;2*1-12-9-14(11-20)15(18)10-13(12)7-5-6-8-19-16(21)22-17(2,3)4;1-2;;1-4(2)3/h9-10H,5-8,11H2,1-4H3,(H,20,21);9-10,20H,5-8,11H2,1-4H3,(H,19,21);9-11H,5-8H2,1-4H3,(H,19,21);1-2H;1H4;. The summed E-state index contributed by atoms with van der Waals surface area (Å²) in [5.41, 5.74) is 8.05. The monoisotopic (exact) mass is 1130 g/mol. The molecule has 0 spiro atoms. The van der Waals surface area contributed by atoms with Gasteiger partial charge in [0.25, 0.3) is 0 Å². The van der Waals surface area contributed by atoms with E-state index in [1.54, 1.807) is 0 Å². The summed E-state index contributed by atoms with van der Waals surface area (Å²) in [6.07, 6.45) is 15.2. The molecule has 3 amide bonds. The molecular weight excluding hydrogens is 1050 g/mol. The number of aryl methyl sites for hydroxylation is 6. The minimum atomic E-state index is -0.667. The number of ether oxygens (including phenoxy) is 3. The zero-order valence-electron chi connectivity index (χ0n) is 44.7. The van der Waals surface area contributed by atoms with Crippen LogP contribution in [0.5, 0.6) is 0 Å². The maximum Gasteiger partial charge on any atom is 0.407 e. The summed E-state index contributed by atoms with van der Waals surface area (Å²) in [5.74, 6) is 0. The van der Waals surface area contributed by atoms with Crippen LogP contribution in [0.25, 0.3) is 0 Å². The van der Waals surface area contributed by atoms with Crippen molar-refractivity contribution in [1.82, 2.24) is 16.0 Å². The highest BCUT2D eigenvalue weighted by molar-refractivity contribution is 9.08. The van der Waals surface area contributed by atoms with Gasteiger partial charge < -0.3 is 35.3 Å². The summed E-state index contributed by atoms with van der Waals surface area (Å²) in [4.78, 5) is 45.3. The predicted octanol–water partition coefficient (Wildman–Crippen LogP) is 13.0. The van der Waals surface area contributed by atoms with E-state index in [2.05, 4.69) is 87.0 Å². The highest BCUT2D eigenvalue weighted by Crippen LogP contribution is 2.26. The molecule has 0 fully saturated rings. The van der Waals surface area contributed by atoms with Crippen LogP contribution in [0.3, 0.4) is 0 Å². The minimum Gasteiger partial charge on any atom is -0.444 e. The first-order chi connectivity index (χ1) is 33.4. The van der Waals surface area contributed by atoms with E-state index in [1.807, 2.05) is 100 Å². The summed E-state index contributed by atoms with van der Waals surface area (Å²) >= 11 is 21.8. The maximum atomic E-state index is 11.5. The number of carbonyl (C=O) groups is 4. The zero-order valence-corrected chi connectivity index (χ0v) is 48.6. The normalized spacial score (nSPS) is 10.6. The molecule has 73 heavy (non-hydrogen) atoms. The number of amides is 3. The number of aliphatic hydroxyl groups excluding tert-OH is 1. The maximum absolute atomic E-state index is 11.5. The predicted molar refractivity (Wildman–Crippen MR) is 314 cm³/mol. The van der Waals surface area contributed by atoms with Gasteiger partial charge >= 0.3 is 18.3 Å². The Labute approximate surface area is 467 Å². The molecule has 4 N–H and O–H groups in total. The van der Waals surface area contributed by atoms with Crippen LogP contribution in [0.15, 0.2) is 36.4 Å². The average Bonchev–Trinajstić information content (AvgIpc) is 3.25. The topological polar surface area (TPSA) is 152 Å². The highest BCUT2D eigenvalue weighted by atomic mass is 79.9. The fraction of sp³-hybridized carbons (Fsp3) is 0.556. The second kappa shape index (κ2) is 38.8. The number of nitrogens with one attached hydrogen (secondary N) is 3. The first-order valence-electron chi connectivity index (χ1n) is 23.9. The van der Waals surface area contributed by atoms with Gasteiger partial charge in [-0.15, -0.1) is 12.8 Å². The number of alkyl halides is 1. The molecule has 3 rings (SSSR count). The number of carbonyl (C=O) groups excluding carboxylic acids is 4. The van der Waals surface area contributed by atoms with E-state index in [0.717, 1.165) is 102 Å². The third-order valence-electron chi connectivity index (χ3n) is 9.53. The Kier molecular flexibility index (Phi) is 39.0. The van der Waals surface area contributed by atoms with Crippen LogP contribution in [-0.4, -0.2) is 95.7 Å². The Morgan fingerprint density at radius 1 is 0.575 bits per heavy atom. The number of rotatable bonds is 18. The fourth-order valence-corrected chi connectivity index (χ4v) is 7.62. The molecule has 0 bridgehead atoms. The van der Waals surface area contributed by atoms with Crippen molar-refractivity contribution in [1.29, 1.82) is 0 Å². The number of aldehydes is 1. The van der Waals surface area contributed by atoms with Crippen LogP contribution < -0.4 is 16.0 Å². The van der Waals surface area contributed by atoms with E-state index in [-0.39, 0.29) is 32.3 Å². The highest BCUT2D eigenvalue weighted by Gasteiger charge is 2.18. The number of halogens is 4. The lowest BCUT2D eigenvalue weighted by atomic mass is 9.08. The number of hydrogen-bond donors (Lipinski definition) is 4. The van der Waals surface area contributed by atoms with E-state index in [1.165, 1.54) is 16.7 Å². The Morgan fingerprint density at radius 3 is 1.15 bits per heavy atom. The van der Waals surface area contributed by atoms with Crippen molar-refractivity contribution in [3.63, 3.8) is 0 Å². The van der Waals surface area contributed by atoms with E-state index in [0.29, 0.717) is 35.2 Å². The van der Waals surface area contributed by atoms with Crippen LogP contribution in [0, 0.1) is 33.6 Å². The number of benzene rings is 3. The van der Waals surface area contributed by atoms with Gasteiger partial charge in [-0.25, -0.2) is 14.4 Å². The number of unbranched alkanes of at least 4 members (excludes halogenated alkanes) is 3. The molecule has 0 saturated heterocycles. The molecular formula is C54H81B4BrCl3N3O8. The first kappa shape index (κ1) is 73.5. The molecule has 19 heteroatoms. The van der Waals surface area contributed by atoms with Gasteiger partial charge in [0.05, 0.1) is 11.6 Å². The van der Waals surface area contributed by atoms with Crippen molar-refractivity contribution in [2.24, 2.45) is 0 Å². The van der Waals surface area contributed by atoms with Crippen LogP contribution in [0.2, 0.25) is 15.1 Å². The Morgan fingerprint density at radius 2 is 0.863 bits per heavy atom. The largest absolute Gasteiger partial charge is 0.444 e. The lowest BCUT2D eigenvalue weighted by Crippen LogP contribution is -2.33. The van der Waals surface area contributed by atoms with Crippen molar-refractivity contribution in [2.75, 3.05) is 19.6 Å². The van der Waals surface area contributed by atoms with Crippen LogP contribution in [0.4, 0.5) is 14.4 Å². The molecule has 0 aliphatic heterocycles.